The summed E-state index contributed by atoms with van der Waals surface area (Å²) in [6, 6.07) is 3.83. The van der Waals surface area contributed by atoms with Crippen LogP contribution in [-0.4, -0.2) is 34.3 Å². The van der Waals surface area contributed by atoms with Gasteiger partial charge in [-0.05, 0) is 24.5 Å². The van der Waals surface area contributed by atoms with Crippen molar-refractivity contribution in [3.63, 3.8) is 0 Å². The third kappa shape index (κ3) is 6.01. The van der Waals surface area contributed by atoms with Gasteiger partial charge in [-0.3, -0.25) is 4.79 Å². The number of amides is 1. The topological polar surface area (TPSA) is 118 Å². The highest BCUT2D eigenvalue weighted by Gasteiger charge is 2.40. The molecule has 0 saturated heterocycles. The van der Waals surface area contributed by atoms with Gasteiger partial charge in [-0.25, -0.2) is 22.8 Å². The third-order valence-corrected chi connectivity index (χ3v) is 6.90. The molecule has 8 nitrogen and oxygen atoms in total. The second-order valence-electron chi connectivity index (χ2n) is 7.37. The number of pyridine rings is 1. The summed E-state index contributed by atoms with van der Waals surface area (Å²) in [5.74, 6) is -0.837. The minimum atomic E-state index is -4.86. The van der Waals surface area contributed by atoms with E-state index in [-0.39, 0.29) is 33.3 Å². The molecule has 1 unspecified atom stereocenters. The molecule has 0 aliphatic rings. The summed E-state index contributed by atoms with van der Waals surface area (Å²) in [6.07, 6.45) is -3.31. The summed E-state index contributed by atoms with van der Waals surface area (Å²) < 4.78 is 67.8. The summed E-state index contributed by atoms with van der Waals surface area (Å²) in [7, 11) is -4.20. The van der Waals surface area contributed by atoms with E-state index in [2.05, 4.69) is 10.1 Å². The fraction of sp³-hybridized carbons (Fsp3) is 0.474. The van der Waals surface area contributed by atoms with E-state index >= 15 is 0 Å². The number of aromatic nitrogens is 3. The average Bonchev–Trinajstić information content (AvgIpc) is 3.05. The largest absolute Gasteiger partial charge is 0.436 e. The first-order valence-electron chi connectivity index (χ1n) is 9.59. The Kier molecular flexibility index (Phi) is 7.95. The van der Waals surface area contributed by atoms with Gasteiger partial charge >= 0.3 is 6.18 Å². The number of hydrogen-bond donors (Lipinski definition) is 1. The first-order valence-corrected chi connectivity index (χ1v) is 12.0. The van der Waals surface area contributed by atoms with Crippen molar-refractivity contribution in [3.8, 4) is 11.9 Å². The maximum atomic E-state index is 13.4. The van der Waals surface area contributed by atoms with Gasteiger partial charge in [-0.15, -0.1) is 11.8 Å². The molecule has 32 heavy (non-hydrogen) atoms. The monoisotopic (exact) mass is 489 g/mol. The van der Waals surface area contributed by atoms with Crippen LogP contribution in [0.15, 0.2) is 28.3 Å². The van der Waals surface area contributed by atoms with E-state index in [0.29, 0.717) is 6.42 Å². The van der Waals surface area contributed by atoms with Gasteiger partial charge in [0.1, 0.15) is 21.6 Å². The molecule has 0 aliphatic carbocycles. The van der Waals surface area contributed by atoms with Crippen molar-refractivity contribution in [1.82, 2.24) is 19.5 Å². The van der Waals surface area contributed by atoms with E-state index < -0.39 is 33.4 Å². The van der Waals surface area contributed by atoms with Gasteiger partial charge in [0.15, 0.2) is 11.5 Å². The number of alkyl halides is 3. The van der Waals surface area contributed by atoms with E-state index in [9.17, 15) is 31.6 Å². The Hall–Kier alpha value is -2.59. The Morgan fingerprint density at radius 1 is 1.31 bits per heavy atom. The number of halogens is 3. The molecule has 0 bridgehead atoms. The van der Waals surface area contributed by atoms with Crippen LogP contribution in [0.25, 0.3) is 5.82 Å². The van der Waals surface area contributed by atoms with Gasteiger partial charge < -0.3 is 0 Å². The molecule has 2 heterocycles. The van der Waals surface area contributed by atoms with E-state index in [1.807, 2.05) is 11.6 Å². The number of carbonyl (C=O) groups is 1. The van der Waals surface area contributed by atoms with Crippen molar-refractivity contribution in [2.75, 3.05) is 0 Å². The standard InChI is InChI=1S/C19H22F3N5O3S2/c1-5-12(4)31-18-14(9-23)17(19(20,21)22)25-27(18)15-7-6-13(10-24-15)32(29,30)26-16(28)8-11(2)3/h6-7,10-12H,5,8H2,1-4H3,(H,26,28). The van der Waals surface area contributed by atoms with Crippen LogP contribution < -0.4 is 4.72 Å². The van der Waals surface area contributed by atoms with Crippen LogP contribution in [0.5, 0.6) is 0 Å². The van der Waals surface area contributed by atoms with E-state index in [0.717, 1.165) is 34.8 Å². The molecule has 1 amide bonds. The lowest BCUT2D eigenvalue weighted by Gasteiger charge is -2.11. The summed E-state index contributed by atoms with van der Waals surface area (Å²) in [5.41, 5.74) is -1.97. The second kappa shape index (κ2) is 9.91. The lowest BCUT2D eigenvalue weighted by Crippen LogP contribution is -2.31. The number of nitrogens with zero attached hydrogens (tertiary/aromatic N) is 4. The minimum Gasteiger partial charge on any atom is -0.274 e. The zero-order chi connectivity index (χ0) is 24.3. The molecule has 13 heteroatoms. The Balaban J connectivity index is 2.49. The lowest BCUT2D eigenvalue weighted by atomic mass is 10.1. The van der Waals surface area contributed by atoms with Gasteiger partial charge in [-0.1, -0.05) is 27.7 Å². The first-order chi connectivity index (χ1) is 14.8. The van der Waals surface area contributed by atoms with Gasteiger partial charge in [-0.2, -0.15) is 23.5 Å². The fourth-order valence-corrected chi connectivity index (χ4v) is 4.50. The molecule has 0 spiro atoms. The smallest absolute Gasteiger partial charge is 0.274 e. The van der Waals surface area contributed by atoms with Crippen molar-refractivity contribution in [2.24, 2.45) is 5.92 Å². The summed E-state index contributed by atoms with van der Waals surface area (Å²) in [5, 5.41) is 12.7. The number of nitriles is 1. The zero-order valence-corrected chi connectivity index (χ0v) is 19.4. The molecule has 0 aliphatic heterocycles. The number of carbonyl (C=O) groups excluding carboxylic acids is 1. The third-order valence-electron chi connectivity index (χ3n) is 4.20. The zero-order valence-electron chi connectivity index (χ0n) is 17.8. The second-order valence-corrected chi connectivity index (χ2v) is 10.5. The van der Waals surface area contributed by atoms with Crippen molar-refractivity contribution in [2.45, 2.75) is 61.9 Å². The first kappa shape index (κ1) is 25.7. The Labute approximate surface area is 188 Å². The highest BCUT2D eigenvalue weighted by Crippen LogP contribution is 2.38. The normalized spacial score (nSPS) is 13.1. The summed E-state index contributed by atoms with van der Waals surface area (Å²) in [6.45, 7) is 7.15. The maximum absolute atomic E-state index is 13.4. The van der Waals surface area contributed by atoms with Crippen LogP contribution in [0.3, 0.4) is 0 Å². The molecule has 0 radical (unpaired) electrons. The molecular weight excluding hydrogens is 467 g/mol. The molecule has 2 aromatic rings. The molecule has 0 fully saturated rings. The molecule has 0 aromatic carbocycles. The minimum absolute atomic E-state index is 0.00534. The maximum Gasteiger partial charge on any atom is 0.436 e. The average molecular weight is 490 g/mol. The molecule has 1 N–H and O–H groups in total. The van der Waals surface area contributed by atoms with Crippen LogP contribution >= 0.6 is 11.8 Å². The van der Waals surface area contributed by atoms with Crippen LogP contribution in [0, 0.1) is 17.2 Å². The van der Waals surface area contributed by atoms with E-state index in [4.69, 9.17) is 0 Å². The van der Waals surface area contributed by atoms with Gasteiger partial charge in [0.25, 0.3) is 10.0 Å². The molecule has 2 rings (SSSR count). The van der Waals surface area contributed by atoms with Gasteiger partial charge in [0.2, 0.25) is 5.91 Å². The Bertz CT molecular complexity index is 1120. The van der Waals surface area contributed by atoms with Crippen LogP contribution in [-0.2, 0) is 21.0 Å². The summed E-state index contributed by atoms with van der Waals surface area (Å²) in [4.78, 5) is 15.4. The number of hydrogen-bond acceptors (Lipinski definition) is 7. The number of thioether (sulfide) groups is 1. The van der Waals surface area contributed by atoms with Crippen LogP contribution in [0.2, 0.25) is 0 Å². The molecule has 2 aromatic heterocycles. The predicted molar refractivity (Wildman–Crippen MR) is 111 cm³/mol. The van der Waals surface area contributed by atoms with Gasteiger partial charge in [0, 0.05) is 17.9 Å². The fourth-order valence-electron chi connectivity index (χ4n) is 2.52. The van der Waals surface area contributed by atoms with Gasteiger partial charge in [0.05, 0.1) is 0 Å². The van der Waals surface area contributed by atoms with Crippen molar-refractivity contribution in [1.29, 1.82) is 5.26 Å². The van der Waals surface area contributed by atoms with Crippen molar-refractivity contribution < 1.29 is 26.4 Å². The molecule has 0 saturated carbocycles. The van der Waals surface area contributed by atoms with Crippen LogP contribution in [0.1, 0.15) is 51.8 Å². The molecule has 174 valence electrons. The highest BCUT2D eigenvalue weighted by atomic mass is 32.2. The van der Waals surface area contributed by atoms with Crippen LogP contribution in [0.4, 0.5) is 13.2 Å². The highest BCUT2D eigenvalue weighted by molar-refractivity contribution is 7.99. The van der Waals surface area contributed by atoms with Crippen molar-refractivity contribution in [3.05, 3.63) is 29.6 Å². The number of rotatable bonds is 8. The van der Waals surface area contributed by atoms with E-state index in [1.165, 1.54) is 0 Å². The number of nitrogens with one attached hydrogen (secondary N) is 1. The Morgan fingerprint density at radius 2 is 1.97 bits per heavy atom. The predicted octanol–water partition coefficient (Wildman–Crippen LogP) is 3.90. The number of sulfonamides is 1. The van der Waals surface area contributed by atoms with Crippen molar-refractivity contribution >= 4 is 27.7 Å². The SMILES string of the molecule is CCC(C)Sc1c(C#N)c(C(F)(F)F)nn1-c1ccc(S(=O)(=O)NC(=O)CC(C)C)cn1. The summed E-state index contributed by atoms with van der Waals surface area (Å²) >= 11 is 1.04. The molecular formula is C19H22F3N5O3S2. The molecule has 1 atom stereocenters. The van der Waals surface area contributed by atoms with E-state index in [1.54, 1.807) is 26.8 Å². The quantitative estimate of drug-likeness (QED) is 0.559. The lowest BCUT2D eigenvalue weighted by molar-refractivity contribution is -0.141. The Morgan fingerprint density at radius 3 is 2.44 bits per heavy atom.